The van der Waals surface area contributed by atoms with Crippen molar-refractivity contribution in [2.75, 3.05) is 46.4 Å². The molecule has 6 rings (SSSR count). The van der Waals surface area contributed by atoms with Crippen LogP contribution in [0, 0.1) is 0 Å². The van der Waals surface area contributed by atoms with E-state index >= 15 is 0 Å². The van der Waals surface area contributed by atoms with Crippen molar-refractivity contribution in [2.45, 2.75) is 37.7 Å². The second kappa shape index (κ2) is 13.8. The highest BCUT2D eigenvalue weighted by Crippen LogP contribution is 2.42. The maximum absolute atomic E-state index is 14.3. The van der Waals surface area contributed by atoms with Crippen LogP contribution in [0.1, 0.15) is 47.2 Å². The number of thiophene rings is 1. The van der Waals surface area contributed by atoms with Crippen LogP contribution in [0.2, 0.25) is 0 Å². The number of methoxy groups -OCH3 is 1. The van der Waals surface area contributed by atoms with Gasteiger partial charge in [-0.2, -0.15) is 21.6 Å². The van der Waals surface area contributed by atoms with E-state index in [-0.39, 0.29) is 16.7 Å². The highest BCUT2D eigenvalue weighted by molar-refractivity contribution is 7.88. The van der Waals surface area contributed by atoms with E-state index in [1.54, 1.807) is 19.2 Å². The molecule has 0 atom stereocenters. The first-order valence-corrected chi connectivity index (χ1v) is 17.7. The molecule has 3 heterocycles. The first-order valence-electron chi connectivity index (χ1n) is 15.5. The standard InChI is InChI=1S/C34H35F3N2O6S2/c1-43-29-20-24(6-7-25(29)22-39-16-4-5-17-39)32(40)31-28-21-27(45-47(41,42)34(35,36)37)12-13-30(28)46-33(31)23-8-10-26(11-9-23)44-19-18-38-14-2-3-15-38/h6-13,20-21H,2-5,14-19,22H2,1H3. The summed E-state index contributed by atoms with van der Waals surface area (Å²) < 4.78 is 79.5. The molecule has 3 aromatic carbocycles. The number of hydrogen-bond acceptors (Lipinski definition) is 9. The van der Waals surface area contributed by atoms with Crippen LogP contribution in [0.25, 0.3) is 20.5 Å². The summed E-state index contributed by atoms with van der Waals surface area (Å²) in [6.07, 6.45) is 4.67. The van der Waals surface area contributed by atoms with Crippen LogP contribution < -0.4 is 13.7 Å². The first kappa shape index (κ1) is 33.3. The van der Waals surface area contributed by atoms with Crippen molar-refractivity contribution < 1.29 is 40.0 Å². The Morgan fingerprint density at radius 3 is 2.19 bits per heavy atom. The van der Waals surface area contributed by atoms with Crippen LogP contribution in [0.15, 0.2) is 60.7 Å². The molecule has 0 amide bonds. The monoisotopic (exact) mass is 688 g/mol. The summed E-state index contributed by atoms with van der Waals surface area (Å²) in [7, 11) is -4.37. The second-order valence-electron chi connectivity index (χ2n) is 11.7. The molecule has 0 N–H and O–H groups in total. The summed E-state index contributed by atoms with van der Waals surface area (Å²) in [6.45, 7) is 6.21. The second-order valence-corrected chi connectivity index (χ2v) is 14.3. The van der Waals surface area contributed by atoms with Gasteiger partial charge in [-0.25, -0.2) is 0 Å². The molecule has 13 heteroatoms. The molecular weight excluding hydrogens is 654 g/mol. The lowest BCUT2D eigenvalue weighted by molar-refractivity contribution is -0.0500. The van der Waals surface area contributed by atoms with Crippen molar-refractivity contribution in [3.05, 3.63) is 77.4 Å². The molecule has 4 aromatic rings. The smallest absolute Gasteiger partial charge is 0.496 e. The number of halogens is 3. The largest absolute Gasteiger partial charge is 0.534 e. The minimum absolute atomic E-state index is 0.219. The number of ether oxygens (including phenoxy) is 2. The fourth-order valence-electron chi connectivity index (χ4n) is 6.07. The highest BCUT2D eigenvalue weighted by Gasteiger charge is 2.48. The molecule has 0 bridgehead atoms. The zero-order chi connectivity index (χ0) is 33.2. The van der Waals surface area contributed by atoms with Crippen molar-refractivity contribution in [3.8, 4) is 27.7 Å². The first-order chi connectivity index (χ1) is 22.5. The van der Waals surface area contributed by atoms with E-state index in [1.165, 1.54) is 36.3 Å². The van der Waals surface area contributed by atoms with E-state index in [2.05, 4.69) is 14.0 Å². The van der Waals surface area contributed by atoms with E-state index in [1.807, 2.05) is 30.3 Å². The number of ketones is 1. The molecule has 2 aliphatic heterocycles. The summed E-state index contributed by atoms with van der Waals surface area (Å²) in [6, 6.07) is 16.3. The van der Waals surface area contributed by atoms with Crippen LogP contribution in [0.4, 0.5) is 13.2 Å². The summed E-state index contributed by atoms with van der Waals surface area (Å²) >= 11 is 1.27. The molecule has 0 spiro atoms. The molecule has 0 saturated carbocycles. The van der Waals surface area contributed by atoms with Gasteiger partial charge in [-0.05, 0) is 106 Å². The Kier molecular flexibility index (Phi) is 9.79. The van der Waals surface area contributed by atoms with Crippen molar-refractivity contribution in [1.29, 1.82) is 0 Å². The maximum Gasteiger partial charge on any atom is 0.534 e. The van der Waals surface area contributed by atoms with Crippen LogP contribution in [-0.2, 0) is 16.7 Å². The lowest BCUT2D eigenvalue weighted by atomic mass is 9.96. The van der Waals surface area contributed by atoms with Gasteiger partial charge in [-0.15, -0.1) is 11.3 Å². The Balaban J connectivity index is 1.35. The van der Waals surface area contributed by atoms with Crippen molar-refractivity contribution in [3.63, 3.8) is 0 Å². The van der Waals surface area contributed by atoms with Crippen LogP contribution in [0.5, 0.6) is 17.2 Å². The maximum atomic E-state index is 14.3. The number of benzene rings is 3. The molecule has 8 nitrogen and oxygen atoms in total. The Morgan fingerprint density at radius 2 is 1.53 bits per heavy atom. The molecule has 0 aliphatic carbocycles. The fraction of sp³-hybridized carbons (Fsp3) is 0.382. The fourth-order valence-corrected chi connectivity index (χ4v) is 7.71. The van der Waals surface area contributed by atoms with E-state index in [0.717, 1.165) is 57.2 Å². The number of fused-ring (bicyclic) bond motifs is 1. The molecule has 2 fully saturated rings. The van der Waals surface area contributed by atoms with Crippen LogP contribution >= 0.6 is 11.3 Å². The van der Waals surface area contributed by atoms with Gasteiger partial charge in [-0.3, -0.25) is 14.6 Å². The topological polar surface area (TPSA) is 85.4 Å². The molecule has 1 aromatic heterocycles. The van der Waals surface area contributed by atoms with Gasteiger partial charge in [0.05, 0.1) is 7.11 Å². The lowest BCUT2D eigenvalue weighted by Gasteiger charge is -2.17. The zero-order valence-electron chi connectivity index (χ0n) is 25.8. The zero-order valence-corrected chi connectivity index (χ0v) is 27.5. The number of hydrogen-bond donors (Lipinski definition) is 0. The number of alkyl halides is 3. The van der Waals surface area contributed by atoms with Gasteiger partial charge in [-0.1, -0.05) is 12.1 Å². The Bertz CT molecular complexity index is 1850. The number of rotatable bonds is 12. The minimum atomic E-state index is -5.91. The highest BCUT2D eigenvalue weighted by atomic mass is 32.2. The number of likely N-dealkylation sites (tertiary alicyclic amines) is 2. The van der Waals surface area contributed by atoms with Gasteiger partial charge < -0.3 is 13.7 Å². The molecule has 0 radical (unpaired) electrons. The molecule has 0 unspecified atom stereocenters. The lowest BCUT2D eigenvalue weighted by Crippen LogP contribution is -2.28. The minimum Gasteiger partial charge on any atom is -0.496 e. The predicted molar refractivity (Wildman–Crippen MR) is 175 cm³/mol. The molecule has 2 saturated heterocycles. The molecular formula is C34H35F3N2O6S2. The molecule has 250 valence electrons. The number of nitrogens with zero attached hydrogens (tertiary/aromatic N) is 2. The summed E-state index contributed by atoms with van der Waals surface area (Å²) in [4.78, 5) is 19.6. The Hall–Kier alpha value is -3.65. The van der Waals surface area contributed by atoms with E-state index in [4.69, 9.17) is 9.47 Å². The third-order valence-electron chi connectivity index (χ3n) is 8.51. The van der Waals surface area contributed by atoms with Crippen molar-refractivity contribution >= 4 is 37.3 Å². The van der Waals surface area contributed by atoms with Crippen LogP contribution in [-0.4, -0.2) is 75.9 Å². The number of carbonyl (C=O) groups is 1. The predicted octanol–water partition coefficient (Wildman–Crippen LogP) is 7.11. The average Bonchev–Trinajstić information content (AvgIpc) is 3.83. The Labute approximate surface area is 275 Å². The average molecular weight is 689 g/mol. The summed E-state index contributed by atoms with van der Waals surface area (Å²) in [5, 5.41) is 0.274. The summed E-state index contributed by atoms with van der Waals surface area (Å²) in [5.74, 6) is 0.292. The normalized spacial score (nSPS) is 16.2. The van der Waals surface area contributed by atoms with Crippen LogP contribution in [0.3, 0.4) is 0 Å². The van der Waals surface area contributed by atoms with Gasteiger partial charge in [0.25, 0.3) is 0 Å². The molecule has 47 heavy (non-hydrogen) atoms. The molecule has 2 aliphatic rings. The van der Waals surface area contributed by atoms with Gasteiger partial charge in [0.1, 0.15) is 23.9 Å². The Morgan fingerprint density at radius 1 is 0.872 bits per heavy atom. The third-order valence-corrected chi connectivity index (χ3v) is 10.7. The quantitative estimate of drug-likeness (QED) is 0.0886. The van der Waals surface area contributed by atoms with E-state index < -0.39 is 21.4 Å². The van der Waals surface area contributed by atoms with Crippen molar-refractivity contribution in [1.82, 2.24) is 9.80 Å². The van der Waals surface area contributed by atoms with Gasteiger partial charge >= 0.3 is 15.6 Å². The van der Waals surface area contributed by atoms with Crippen molar-refractivity contribution in [2.24, 2.45) is 0 Å². The SMILES string of the molecule is COc1cc(C(=O)c2c(-c3ccc(OCCN4CCCC4)cc3)sc3ccc(OS(=O)(=O)C(F)(F)F)cc23)ccc1CN1CCCC1. The van der Waals surface area contributed by atoms with Gasteiger partial charge in [0, 0.05) is 44.7 Å². The van der Waals surface area contributed by atoms with Gasteiger partial charge in [0.2, 0.25) is 0 Å². The third kappa shape index (κ3) is 7.43. The van der Waals surface area contributed by atoms with Gasteiger partial charge in [0.15, 0.2) is 5.78 Å². The van der Waals surface area contributed by atoms with E-state index in [0.29, 0.717) is 45.4 Å². The van der Waals surface area contributed by atoms with E-state index in [9.17, 15) is 26.4 Å². The summed E-state index contributed by atoms with van der Waals surface area (Å²) in [5.41, 5.74) is -3.42. The number of carbonyl (C=O) groups excluding carboxylic acids is 1.